The molecule has 2 heterocycles. The highest BCUT2D eigenvalue weighted by Gasteiger charge is 2.32. The molecular formula is C17H17N3O4S. The van der Waals surface area contributed by atoms with Crippen molar-refractivity contribution in [1.82, 2.24) is 9.55 Å². The van der Waals surface area contributed by atoms with Gasteiger partial charge in [-0.3, -0.25) is 9.59 Å². The first-order valence-electron chi connectivity index (χ1n) is 7.59. The van der Waals surface area contributed by atoms with Crippen LogP contribution in [0, 0.1) is 0 Å². The molecule has 7 nitrogen and oxygen atoms in total. The van der Waals surface area contributed by atoms with Gasteiger partial charge in [-0.25, -0.2) is 4.79 Å². The average Bonchev–Trinajstić information content (AvgIpc) is 2.63. The van der Waals surface area contributed by atoms with Gasteiger partial charge in [0, 0.05) is 19.4 Å². The Morgan fingerprint density at radius 1 is 1.32 bits per heavy atom. The summed E-state index contributed by atoms with van der Waals surface area (Å²) in [5.74, 6) is -0.529. The number of hydrogen-bond acceptors (Lipinski definition) is 6. The zero-order chi connectivity index (χ0) is 18.1. The molecule has 0 fully saturated rings. The minimum atomic E-state index is -0.435. The minimum Gasteiger partial charge on any atom is -0.465 e. The second-order valence-corrected chi connectivity index (χ2v) is 6.42. The highest BCUT2D eigenvalue weighted by molar-refractivity contribution is 7.98. The van der Waals surface area contributed by atoms with Crippen molar-refractivity contribution in [3.63, 3.8) is 0 Å². The molecule has 0 aliphatic carbocycles. The number of carbonyl (C=O) groups is 2. The number of benzene rings is 1. The number of ether oxygens (including phenoxy) is 1. The van der Waals surface area contributed by atoms with Crippen molar-refractivity contribution in [3.05, 3.63) is 51.3 Å². The molecule has 1 aliphatic heterocycles. The van der Waals surface area contributed by atoms with Crippen LogP contribution in [0.2, 0.25) is 0 Å². The summed E-state index contributed by atoms with van der Waals surface area (Å²) in [5.41, 5.74) is 1.31. The van der Waals surface area contributed by atoms with Gasteiger partial charge in [0.15, 0.2) is 5.16 Å². The molecule has 1 aromatic heterocycles. The Kier molecular flexibility index (Phi) is 4.63. The van der Waals surface area contributed by atoms with E-state index in [1.807, 2.05) is 6.26 Å². The summed E-state index contributed by atoms with van der Waals surface area (Å²) in [7, 11) is 3.08. The Morgan fingerprint density at radius 3 is 2.60 bits per heavy atom. The Bertz CT molecular complexity index is 905. The fraction of sp³-hybridized carbons (Fsp3) is 0.294. The van der Waals surface area contributed by atoms with Crippen LogP contribution in [0.4, 0.5) is 5.82 Å². The molecule has 0 bridgehead atoms. The smallest absolute Gasteiger partial charge is 0.337 e. The lowest BCUT2D eigenvalue weighted by Crippen LogP contribution is -2.33. The quantitative estimate of drug-likeness (QED) is 0.510. The lowest BCUT2D eigenvalue weighted by molar-refractivity contribution is -0.116. The molecule has 1 unspecified atom stereocenters. The van der Waals surface area contributed by atoms with Crippen molar-refractivity contribution >= 4 is 29.5 Å². The third-order valence-electron chi connectivity index (χ3n) is 4.22. The van der Waals surface area contributed by atoms with E-state index in [2.05, 4.69) is 15.0 Å². The van der Waals surface area contributed by atoms with Gasteiger partial charge >= 0.3 is 5.97 Å². The van der Waals surface area contributed by atoms with Gasteiger partial charge in [0.25, 0.3) is 5.56 Å². The first-order chi connectivity index (χ1) is 12.0. The van der Waals surface area contributed by atoms with E-state index in [4.69, 9.17) is 0 Å². The first-order valence-corrected chi connectivity index (χ1v) is 8.81. The fourth-order valence-corrected chi connectivity index (χ4v) is 3.51. The summed E-state index contributed by atoms with van der Waals surface area (Å²) >= 11 is 1.34. The van der Waals surface area contributed by atoms with Gasteiger partial charge in [-0.05, 0) is 24.0 Å². The standard InChI is InChI=1S/C17H17N3O4S/c1-20-14-13(15(22)19-17(20)25-3)11(8-12(21)18-14)9-4-6-10(7-5-9)16(23)24-2/h4-7,11H,8H2,1-3H3,(H,18,21). The van der Waals surface area contributed by atoms with Gasteiger partial charge in [0.05, 0.1) is 18.2 Å². The van der Waals surface area contributed by atoms with Crippen molar-refractivity contribution in [2.75, 3.05) is 18.7 Å². The predicted molar refractivity (Wildman–Crippen MR) is 94.1 cm³/mol. The van der Waals surface area contributed by atoms with Crippen LogP contribution >= 0.6 is 11.8 Å². The molecule has 25 heavy (non-hydrogen) atoms. The molecule has 1 aliphatic rings. The van der Waals surface area contributed by atoms with Crippen molar-refractivity contribution in [1.29, 1.82) is 0 Å². The lowest BCUT2D eigenvalue weighted by atomic mass is 9.86. The van der Waals surface area contributed by atoms with Crippen LogP contribution in [0.25, 0.3) is 0 Å². The highest BCUT2D eigenvalue weighted by atomic mass is 32.2. The molecule has 0 spiro atoms. The molecule has 3 rings (SSSR count). The maximum Gasteiger partial charge on any atom is 0.337 e. The highest BCUT2D eigenvalue weighted by Crippen LogP contribution is 2.35. The second-order valence-electron chi connectivity index (χ2n) is 5.64. The molecule has 8 heteroatoms. The van der Waals surface area contributed by atoms with Crippen LogP contribution in [0.1, 0.15) is 33.8 Å². The number of methoxy groups -OCH3 is 1. The molecule has 2 aromatic rings. The summed E-state index contributed by atoms with van der Waals surface area (Å²) in [6, 6.07) is 6.73. The fourth-order valence-electron chi connectivity index (χ4n) is 2.97. The van der Waals surface area contributed by atoms with Gasteiger partial charge in [-0.1, -0.05) is 23.9 Å². The summed E-state index contributed by atoms with van der Waals surface area (Å²) in [5, 5.41) is 3.31. The lowest BCUT2D eigenvalue weighted by Gasteiger charge is -2.27. The van der Waals surface area contributed by atoms with Crippen molar-refractivity contribution in [2.24, 2.45) is 7.05 Å². The Morgan fingerprint density at radius 2 is 2.00 bits per heavy atom. The molecular weight excluding hydrogens is 342 g/mol. The van der Waals surface area contributed by atoms with Gasteiger partial charge in [-0.15, -0.1) is 0 Å². The third-order valence-corrected chi connectivity index (χ3v) is 4.95. The van der Waals surface area contributed by atoms with Gasteiger partial charge in [0.2, 0.25) is 5.91 Å². The largest absolute Gasteiger partial charge is 0.465 e. The molecule has 1 aromatic carbocycles. The van der Waals surface area contributed by atoms with Crippen molar-refractivity contribution < 1.29 is 14.3 Å². The molecule has 130 valence electrons. The normalized spacial score (nSPS) is 16.1. The van der Waals surface area contributed by atoms with Crippen LogP contribution in [-0.4, -0.2) is 34.8 Å². The molecule has 1 atom stereocenters. The first kappa shape index (κ1) is 17.2. The molecule has 0 saturated carbocycles. The van der Waals surface area contributed by atoms with E-state index in [0.717, 1.165) is 5.56 Å². The number of aromatic nitrogens is 2. The number of nitrogens with one attached hydrogen (secondary N) is 1. The van der Waals surface area contributed by atoms with Crippen molar-refractivity contribution in [2.45, 2.75) is 17.5 Å². The third kappa shape index (κ3) is 3.05. The van der Waals surface area contributed by atoms with Crippen LogP contribution in [0.3, 0.4) is 0 Å². The van der Waals surface area contributed by atoms with E-state index in [9.17, 15) is 14.4 Å². The van der Waals surface area contributed by atoms with Crippen LogP contribution in [0.5, 0.6) is 0 Å². The number of fused-ring (bicyclic) bond motifs is 1. The Balaban J connectivity index is 2.11. The van der Waals surface area contributed by atoms with Crippen LogP contribution in [-0.2, 0) is 16.6 Å². The van der Waals surface area contributed by atoms with Crippen LogP contribution in [0.15, 0.2) is 34.2 Å². The number of amides is 1. The SMILES string of the molecule is COC(=O)c1ccc(C2CC(=O)Nc3c2c(=O)nc(SC)n3C)cc1. The van der Waals surface area contributed by atoms with E-state index in [1.54, 1.807) is 35.9 Å². The van der Waals surface area contributed by atoms with E-state index >= 15 is 0 Å². The number of thioether (sulfide) groups is 1. The van der Waals surface area contributed by atoms with E-state index in [0.29, 0.717) is 22.1 Å². The molecule has 0 saturated heterocycles. The van der Waals surface area contributed by atoms with Gasteiger partial charge in [-0.2, -0.15) is 4.98 Å². The molecule has 1 amide bonds. The summed E-state index contributed by atoms with van der Waals surface area (Å²) < 4.78 is 6.40. The van der Waals surface area contributed by atoms with Crippen LogP contribution < -0.4 is 10.9 Å². The maximum absolute atomic E-state index is 12.5. The number of carbonyl (C=O) groups excluding carboxylic acids is 2. The number of hydrogen-bond donors (Lipinski definition) is 1. The Hall–Kier alpha value is -2.61. The Labute approximate surface area is 148 Å². The molecule has 0 radical (unpaired) electrons. The van der Waals surface area contributed by atoms with E-state index < -0.39 is 11.9 Å². The predicted octanol–water partition coefficient (Wildman–Crippen LogP) is 1.76. The monoisotopic (exact) mass is 359 g/mol. The number of rotatable bonds is 3. The van der Waals surface area contributed by atoms with Gasteiger partial charge in [0.1, 0.15) is 5.82 Å². The second kappa shape index (κ2) is 6.72. The summed E-state index contributed by atoms with van der Waals surface area (Å²) in [6.45, 7) is 0. The summed E-state index contributed by atoms with van der Waals surface area (Å²) in [6.07, 6.45) is 1.97. The number of nitrogens with zero attached hydrogens (tertiary/aromatic N) is 2. The van der Waals surface area contributed by atoms with Crippen molar-refractivity contribution in [3.8, 4) is 0 Å². The maximum atomic E-state index is 12.5. The van der Waals surface area contributed by atoms with E-state index in [1.165, 1.54) is 18.9 Å². The van der Waals surface area contributed by atoms with Gasteiger partial charge < -0.3 is 14.6 Å². The molecule has 1 N–H and O–H groups in total. The average molecular weight is 359 g/mol. The zero-order valence-corrected chi connectivity index (χ0v) is 14.8. The minimum absolute atomic E-state index is 0.153. The zero-order valence-electron chi connectivity index (χ0n) is 14.0. The number of anilines is 1. The summed E-state index contributed by atoms with van der Waals surface area (Å²) in [4.78, 5) is 40.4. The van der Waals surface area contributed by atoms with E-state index in [-0.39, 0.29) is 17.9 Å². The topological polar surface area (TPSA) is 90.3 Å². The number of esters is 1.